The van der Waals surface area contributed by atoms with E-state index >= 15 is 0 Å². The number of rotatable bonds is 8. The third kappa shape index (κ3) is 5.10. The Morgan fingerprint density at radius 2 is 1.83 bits per heavy atom. The zero-order valence-electron chi connectivity index (χ0n) is 16.9. The maximum Gasteiger partial charge on any atom is 0.220 e. The topological polar surface area (TPSA) is 58.4 Å². The van der Waals surface area contributed by atoms with Crippen LogP contribution in [0.4, 0.5) is 0 Å². The predicted octanol–water partition coefficient (Wildman–Crippen LogP) is 4.88. The highest BCUT2D eigenvalue weighted by atomic mass is 35.5. The number of oxazole rings is 1. The van der Waals surface area contributed by atoms with Gasteiger partial charge >= 0.3 is 0 Å². The van der Waals surface area contributed by atoms with Crippen molar-refractivity contribution in [3.05, 3.63) is 77.3 Å². The molecule has 0 aliphatic carbocycles. The number of amides is 1. The van der Waals surface area contributed by atoms with Crippen molar-refractivity contribution in [2.45, 2.75) is 31.7 Å². The minimum absolute atomic E-state index is 0.00706. The van der Waals surface area contributed by atoms with Gasteiger partial charge in [-0.15, -0.1) is 0 Å². The van der Waals surface area contributed by atoms with Gasteiger partial charge in [0.25, 0.3) is 0 Å². The highest BCUT2D eigenvalue weighted by Gasteiger charge is 2.23. The summed E-state index contributed by atoms with van der Waals surface area (Å²) in [7, 11) is 0. The van der Waals surface area contributed by atoms with Crippen molar-refractivity contribution >= 4 is 17.5 Å². The van der Waals surface area contributed by atoms with Gasteiger partial charge in [0.1, 0.15) is 0 Å². The molecule has 1 saturated heterocycles. The van der Waals surface area contributed by atoms with Crippen LogP contribution in [0.1, 0.15) is 36.8 Å². The van der Waals surface area contributed by atoms with Crippen molar-refractivity contribution in [3.8, 4) is 11.3 Å². The summed E-state index contributed by atoms with van der Waals surface area (Å²) >= 11 is 6.21. The van der Waals surface area contributed by atoms with Crippen molar-refractivity contribution in [1.29, 1.82) is 0 Å². The fraction of sp³-hybridized carbons (Fsp3) is 0.333. The molecule has 2 heterocycles. The van der Waals surface area contributed by atoms with Crippen LogP contribution in [0.3, 0.4) is 0 Å². The first-order valence-corrected chi connectivity index (χ1v) is 10.8. The quantitative estimate of drug-likeness (QED) is 0.561. The molecule has 6 heteroatoms. The number of hydrogen-bond donors (Lipinski definition) is 1. The Hall–Kier alpha value is -2.63. The summed E-state index contributed by atoms with van der Waals surface area (Å²) in [5.41, 5.74) is 2.05. The molecular weight excluding hydrogens is 398 g/mol. The summed E-state index contributed by atoms with van der Waals surface area (Å²) in [5.74, 6) is 1.17. The molecule has 30 heavy (non-hydrogen) atoms. The van der Waals surface area contributed by atoms with Crippen LogP contribution in [0.2, 0.25) is 5.02 Å². The third-order valence-electron chi connectivity index (χ3n) is 5.52. The molecule has 1 aliphatic rings. The first-order chi connectivity index (χ1) is 14.7. The average molecular weight is 424 g/mol. The Labute approximate surface area is 182 Å². The Bertz CT molecular complexity index is 967. The molecule has 1 unspecified atom stereocenters. The van der Waals surface area contributed by atoms with E-state index in [9.17, 15) is 4.79 Å². The van der Waals surface area contributed by atoms with Gasteiger partial charge in [-0.05, 0) is 43.6 Å². The van der Waals surface area contributed by atoms with E-state index in [0.29, 0.717) is 36.1 Å². The fourth-order valence-electron chi connectivity index (χ4n) is 3.92. The molecule has 1 amide bonds. The molecule has 4 rings (SSSR count). The molecular formula is C24H26ClN3O2. The smallest absolute Gasteiger partial charge is 0.220 e. The Balaban J connectivity index is 1.32. The Morgan fingerprint density at radius 3 is 2.60 bits per heavy atom. The second-order valence-corrected chi connectivity index (χ2v) is 7.98. The Morgan fingerprint density at radius 1 is 1.10 bits per heavy atom. The van der Waals surface area contributed by atoms with Crippen molar-refractivity contribution in [3.63, 3.8) is 0 Å². The second-order valence-electron chi connectivity index (χ2n) is 7.57. The van der Waals surface area contributed by atoms with Crippen LogP contribution in [-0.2, 0) is 11.2 Å². The lowest BCUT2D eigenvalue weighted by molar-refractivity contribution is -0.121. The van der Waals surface area contributed by atoms with Gasteiger partial charge < -0.3 is 9.73 Å². The van der Waals surface area contributed by atoms with E-state index in [1.165, 1.54) is 18.4 Å². The predicted molar refractivity (Wildman–Crippen MR) is 118 cm³/mol. The van der Waals surface area contributed by atoms with E-state index in [4.69, 9.17) is 16.0 Å². The highest BCUT2D eigenvalue weighted by molar-refractivity contribution is 6.33. The number of carbonyl (C=O) groups is 1. The van der Waals surface area contributed by atoms with Crippen LogP contribution in [0, 0.1) is 0 Å². The summed E-state index contributed by atoms with van der Waals surface area (Å²) in [6.45, 7) is 2.77. The summed E-state index contributed by atoms with van der Waals surface area (Å²) in [4.78, 5) is 19.2. The van der Waals surface area contributed by atoms with Crippen LogP contribution >= 0.6 is 11.6 Å². The van der Waals surface area contributed by atoms with Gasteiger partial charge in [0.2, 0.25) is 5.91 Å². The van der Waals surface area contributed by atoms with E-state index in [1.54, 1.807) is 6.20 Å². The molecule has 0 bridgehead atoms. The zero-order valence-corrected chi connectivity index (χ0v) is 17.6. The van der Waals surface area contributed by atoms with Crippen LogP contribution in [0.5, 0.6) is 0 Å². The lowest BCUT2D eigenvalue weighted by atomic mass is 10.1. The SMILES string of the molecule is O=C(CCc1ncc(-c2ccccc2Cl)o1)NCC(c1ccccc1)N1CCCC1. The van der Waals surface area contributed by atoms with Gasteiger partial charge in [0.05, 0.1) is 17.3 Å². The number of aromatic nitrogens is 1. The molecule has 3 aromatic rings. The van der Waals surface area contributed by atoms with Crippen molar-refractivity contribution < 1.29 is 9.21 Å². The van der Waals surface area contributed by atoms with E-state index in [1.807, 2.05) is 30.3 Å². The minimum atomic E-state index is 0.00706. The fourth-order valence-corrected chi connectivity index (χ4v) is 4.15. The molecule has 1 aliphatic heterocycles. The van der Waals surface area contributed by atoms with E-state index in [2.05, 4.69) is 39.5 Å². The number of aryl methyl sites for hydroxylation is 1. The molecule has 2 aromatic carbocycles. The standard InChI is InChI=1S/C24H26ClN3O2/c25-20-11-5-4-10-19(20)22-17-27-24(30-22)13-12-23(29)26-16-21(28-14-6-7-15-28)18-8-2-1-3-9-18/h1-5,8-11,17,21H,6-7,12-16H2,(H,26,29). The lowest BCUT2D eigenvalue weighted by Gasteiger charge is -2.28. The van der Waals surface area contributed by atoms with Crippen LogP contribution in [0.15, 0.2) is 65.2 Å². The largest absolute Gasteiger partial charge is 0.441 e. The number of benzene rings is 2. The third-order valence-corrected chi connectivity index (χ3v) is 5.85. The molecule has 1 fully saturated rings. The molecule has 5 nitrogen and oxygen atoms in total. The molecule has 0 radical (unpaired) electrons. The maximum atomic E-state index is 12.5. The molecule has 1 atom stereocenters. The Kier molecular flexibility index (Phi) is 6.82. The highest BCUT2D eigenvalue weighted by Crippen LogP contribution is 2.28. The van der Waals surface area contributed by atoms with Crippen molar-refractivity contribution in [2.75, 3.05) is 19.6 Å². The molecule has 1 aromatic heterocycles. The summed E-state index contributed by atoms with van der Waals surface area (Å²) in [5, 5.41) is 3.72. The second kappa shape index (κ2) is 9.92. The first kappa shape index (κ1) is 20.6. The zero-order chi connectivity index (χ0) is 20.8. The number of carbonyl (C=O) groups excluding carboxylic acids is 1. The van der Waals surface area contributed by atoms with Crippen molar-refractivity contribution in [2.24, 2.45) is 0 Å². The number of nitrogens with zero attached hydrogens (tertiary/aromatic N) is 2. The average Bonchev–Trinajstić information content (AvgIpc) is 3.46. The van der Waals surface area contributed by atoms with Gasteiger partial charge in [-0.2, -0.15) is 0 Å². The van der Waals surface area contributed by atoms with E-state index in [-0.39, 0.29) is 11.9 Å². The number of likely N-dealkylation sites (tertiary alicyclic amines) is 1. The maximum absolute atomic E-state index is 12.5. The van der Waals surface area contributed by atoms with E-state index < -0.39 is 0 Å². The molecule has 1 N–H and O–H groups in total. The van der Waals surface area contributed by atoms with Crippen LogP contribution in [0.25, 0.3) is 11.3 Å². The minimum Gasteiger partial charge on any atom is -0.441 e. The summed E-state index contributed by atoms with van der Waals surface area (Å²) in [6, 6.07) is 18.1. The lowest BCUT2D eigenvalue weighted by Crippen LogP contribution is -2.36. The molecule has 0 saturated carbocycles. The first-order valence-electron chi connectivity index (χ1n) is 10.5. The monoisotopic (exact) mass is 423 g/mol. The summed E-state index contributed by atoms with van der Waals surface area (Å²) in [6.07, 6.45) is 4.89. The van der Waals surface area contributed by atoms with Gasteiger partial charge in [-0.3, -0.25) is 9.69 Å². The normalized spacial score (nSPS) is 15.2. The number of hydrogen-bond acceptors (Lipinski definition) is 4. The van der Waals surface area contributed by atoms with Gasteiger partial charge in [-0.1, -0.05) is 54.1 Å². The van der Waals surface area contributed by atoms with E-state index in [0.717, 1.165) is 18.7 Å². The molecule has 0 spiro atoms. The van der Waals surface area contributed by atoms with Gasteiger partial charge in [0, 0.05) is 24.9 Å². The van der Waals surface area contributed by atoms with Crippen molar-refractivity contribution in [1.82, 2.24) is 15.2 Å². The molecule has 156 valence electrons. The number of halogens is 1. The van der Waals surface area contributed by atoms with Gasteiger partial charge in [0.15, 0.2) is 11.7 Å². The number of nitrogens with one attached hydrogen (secondary N) is 1. The van der Waals surface area contributed by atoms with Gasteiger partial charge in [-0.25, -0.2) is 4.98 Å². The van der Waals surface area contributed by atoms with Crippen LogP contribution < -0.4 is 5.32 Å². The summed E-state index contributed by atoms with van der Waals surface area (Å²) < 4.78 is 5.79. The van der Waals surface area contributed by atoms with Crippen LogP contribution in [-0.4, -0.2) is 35.4 Å².